The third-order valence-corrected chi connectivity index (χ3v) is 3.74. The lowest BCUT2D eigenvalue weighted by Crippen LogP contribution is -1.99. The van der Waals surface area contributed by atoms with Crippen molar-refractivity contribution in [2.24, 2.45) is 0 Å². The molecule has 0 saturated heterocycles. The molecule has 0 fully saturated rings. The van der Waals surface area contributed by atoms with Gasteiger partial charge in [-0.2, -0.15) is 0 Å². The second-order valence-corrected chi connectivity index (χ2v) is 5.92. The molecule has 2 aromatic rings. The molecule has 102 valence electrons. The van der Waals surface area contributed by atoms with Crippen molar-refractivity contribution in [1.82, 2.24) is 4.98 Å². The van der Waals surface area contributed by atoms with Crippen LogP contribution in [0.25, 0.3) is 0 Å². The van der Waals surface area contributed by atoms with Crippen molar-refractivity contribution < 1.29 is 4.74 Å². The highest BCUT2D eigenvalue weighted by Crippen LogP contribution is 2.28. The molecule has 1 heterocycles. The van der Waals surface area contributed by atoms with Gasteiger partial charge in [0.1, 0.15) is 5.75 Å². The van der Waals surface area contributed by atoms with Crippen molar-refractivity contribution in [2.45, 2.75) is 26.8 Å². The van der Waals surface area contributed by atoms with Crippen LogP contribution in [-0.4, -0.2) is 11.6 Å². The summed E-state index contributed by atoms with van der Waals surface area (Å²) in [5.74, 6) is 0.739. The van der Waals surface area contributed by atoms with Gasteiger partial charge in [-0.1, -0.05) is 18.5 Å². The maximum atomic E-state index is 6.18. The Morgan fingerprint density at radius 2 is 2.26 bits per heavy atom. The molecule has 0 aliphatic heterocycles. The average molecular weight is 297 g/mol. The fourth-order valence-electron chi connectivity index (χ4n) is 1.62. The molecule has 0 unspecified atom stereocenters. The lowest BCUT2D eigenvalue weighted by molar-refractivity contribution is 0.317. The van der Waals surface area contributed by atoms with Crippen LogP contribution in [-0.2, 0) is 6.54 Å². The predicted molar refractivity (Wildman–Crippen MR) is 81.4 cm³/mol. The molecule has 0 atom stereocenters. The maximum absolute atomic E-state index is 6.18. The van der Waals surface area contributed by atoms with Gasteiger partial charge in [0.15, 0.2) is 0 Å². The van der Waals surface area contributed by atoms with Crippen molar-refractivity contribution in [3.8, 4) is 5.75 Å². The third-order valence-electron chi connectivity index (χ3n) is 2.53. The Morgan fingerprint density at radius 3 is 2.89 bits per heavy atom. The van der Waals surface area contributed by atoms with Gasteiger partial charge in [0.25, 0.3) is 0 Å². The molecular weight excluding hydrogens is 280 g/mol. The highest BCUT2D eigenvalue weighted by Gasteiger charge is 2.03. The SMILES string of the molecule is CCCOc1ccc(NCc2cnc(C)s2)cc1Cl. The first-order valence-corrected chi connectivity index (χ1v) is 7.46. The first-order valence-electron chi connectivity index (χ1n) is 6.26. The summed E-state index contributed by atoms with van der Waals surface area (Å²) in [5, 5.41) is 5.05. The van der Waals surface area contributed by atoms with Gasteiger partial charge in [-0.05, 0) is 31.5 Å². The monoisotopic (exact) mass is 296 g/mol. The Bertz CT molecular complexity index is 542. The summed E-state index contributed by atoms with van der Waals surface area (Å²) in [5.41, 5.74) is 0.986. The summed E-state index contributed by atoms with van der Waals surface area (Å²) < 4.78 is 5.54. The molecule has 1 aromatic heterocycles. The largest absolute Gasteiger partial charge is 0.492 e. The van der Waals surface area contributed by atoms with Crippen LogP contribution >= 0.6 is 22.9 Å². The van der Waals surface area contributed by atoms with Gasteiger partial charge in [-0.3, -0.25) is 0 Å². The van der Waals surface area contributed by atoms with E-state index in [0.29, 0.717) is 11.6 Å². The van der Waals surface area contributed by atoms with Gasteiger partial charge in [-0.25, -0.2) is 4.98 Å². The summed E-state index contributed by atoms with van der Waals surface area (Å²) in [6.07, 6.45) is 2.87. The second-order valence-electron chi connectivity index (χ2n) is 4.19. The lowest BCUT2D eigenvalue weighted by Gasteiger charge is -2.09. The van der Waals surface area contributed by atoms with Crippen LogP contribution in [0.4, 0.5) is 5.69 Å². The van der Waals surface area contributed by atoms with Crippen molar-refractivity contribution in [1.29, 1.82) is 0 Å². The highest BCUT2D eigenvalue weighted by molar-refractivity contribution is 7.11. The summed E-state index contributed by atoms with van der Waals surface area (Å²) in [7, 11) is 0. The number of halogens is 1. The zero-order valence-corrected chi connectivity index (χ0v) is 12.6. The van der Waals surface area contributed by atoms with Crippen molar-refractivity contribution in [2.75, 3.05) is 11.9 Å². The van der Waals surface area contributed by atoms with E-state index in [9.17, 15) is 0 Å². The second kappa shape index (κ2) is 6.78. The molecule has 0 saturated carbocycles. The zero-order valence-electron chi connectivity index (χ0n) is 11.1. The molecule has 2 rings (SSSR count). The number of nitrogens with one attached hydrogen (secondary N) is 1. The maximum Gasteiger partial charge on any atom is 0.138 e. The van der Waals surface area contributed by atoms with E-state index in [0.717, 1.165) is 29.4 Å². The Labute approximate surface area is 122 Å². The molecule has 1 N–H and O–H groups in total. The van der Waals surface area contributed by atoms with Crippen LogP contribution in [0.1, 0.15) is 23.2 Å². The van der Waals surface area contributed by atoms with Crippen LogP contribution in [0.3, 0.4) is 0 Å². The highest BCUT2D eigenvalue weighted by atomic mass is 35.5. The normalized spacial score (nSPS) is 10.5. The third kappa shape index (κ3) is 4.11. The minimum Gasteiger partial charge on any atom is -0.492 e. The predicted octanol–water partition coefficient (Wildman–Crippen LogP) is 4.51. The number of hydrogen-bond donors (Lipinski definition) is 1. The van der Waals surface area contributed by atoms with Crippen LogP contribution in [0.2, 0.25) is 5.02 Å². The smallest absolute Gasteiger partial charge is 0.138 e. The minimum atomic E-state index is 0.638. The molecule has 5 heteroatoms. The van der Waals surface area contributed by atoms with E-state index in [2.05, 4.69) is 17.2 Å². The van der Waals surface area contributed by atoms with E-state index in [1.807, 2.05) is 31.3 Å². The molecule has 19 heavy (non-hydrogen) atoms. The van der Waals surface area contributed by atoms with E-state index < -0.39 is 0 Å². The Kier molecular flexibility index (Phi) is 5.05. The van der Waals surface area contributed by atoms with Crippen LogP contribution < -0.4 is 10.1 Å². The Balaban J connectivity index is 1.95. The zero-order chi connectivity index (χ0) is 13.7. The van der Waals surface area contributed by atoms with Gasteiger partial charge >= 0.3 is 0 Å². The summed E-state index contributed by atoms with van der Waals surface area (Å²) in [6, 6.07) is 5.77. The fraction of sp³-hybridized carbons (Fsp3) is 0.357. The van der Waals surface area contributed by atoms with Crippen molar-refractivity contribution in [3.05, 3.63) is 39.3 Å². The van der Waals surface area contributed by atoms with Crippen LogP contribution in [0.5, 0.6) is 5.75 Å². The number of hydrogen-bond acceptors (Lipinski definition) is 4. The number of nitrogens with zero attached hydrogens (tertiary/aromatic N) is 1. The van der Waals surface area contributed by atoms with Crippen molar-refractivity contribution >= 4 is 28.6 Å². The molecule has 3 nitrogen and oxygen atoms in total. The van der Waals surface area contributed by atoms with Gasteiger partial charge in [0.2, 0.25) is 0 Å². The molecule has 0 bridgehead atoms. The van der Waals surface area contributed by atoms with Crippen LogP contribution in [0, 0.1) is 6.92 Å². The molecule has 0 radical (unpaired) electrons. The van der Waals surface area contributed by atoms with Crippen molar-refractivity contribution in [3.63, 3.8) is 0 Å². The lowest BCUT2D eigenvalue weighted by atomic mass is 10.3. The van der Waals surface area contributed by atoms with Gasteiger partial charge in [-0.15, -0.1) is 11.3 Å². The number of anilines is 1. The van der Waals surface area contributed by atoms with E-state index in [1.165, 1.54) is 4.88 Å². The van der Waals surface area contributed by atoms with Crippen LogP contribution in [0.15, 0.2) is 24.4 Å². The number of thiazole rings is 1. The number of aryl methyl sites for hydroxylation is 1. The summed E-state index contributed by atoms with van der Waals surface area (Å²) >= 11 is 7.87. The van der Waals surface area contributed by atoms with Gasteiger partial charge in [0, 0.05) is 16.8 Å². The molecular formula is C14H17ClN2OS. The van der Waals surface area contributed by atoms with Gasteiger partial charge < -0.3 is 10.1 Å². The van der Waals surface area contributed by atoms with E-state index in [4.69, 9.17) is 16.3 Å². The standard InChI is InChI=1S/C14H17ClN2OS/c1-3-6-18-14-5-4-11(7-13(14)15)17-9-12-8-16-10(2)19-12/h4-5,7-8,17H,3,6,9H2,1-2H3. The topological polar surface area (TPSA) is 34.1 Å². The molecule has 0 aliphatic rings. The fourth-order valence-corrected chi connectivity index (χ4v) is 2.59. The van der Waals surface area contributed by atoms with E-state index in [1.54, 1.807) is 11.3 Å². The molecule has 0 amide bonds. The Hall–Kier alpha value is -1.26. The van der Waals surface area contributed by atoms with Gasteiger partial charge in [0.05, 0.1) is 23.2 Å². The van der Waals surface area contributed by atoms with E-state index in [-0.39, 0.29) is 0 Å². The summed E-state index contributed by atoms with van der Waals surface area (Å²) in [4.78, 5) is 5.44. The summed E-state index contributed by atoms with van der Waals surface area (Å²) in [6.45, 7) is 5.52. The number of rotatable bonds is 6. The number of aromatic nitrogens is 1. The average Bonchev–Trinajstić information content (AvgIpc) is 2.81. The van der Waals surface area contributed by atoms with E-state index >= 15 is 0 Å². The molecule has 0 spiro atoms. The first-order chi connectivity index (χ1) is 9.19. The Morgan fingerprint density at radius 1 is 1.42 bits per heavy atom. The molecule has 0 aliphatic carbocycles. The number of ether oxygens (including phenoxy) is 1. The minimum absolute atomic E-state index is 0.638. The molecule has 1 aromatic carbocycles. The first kappa shape index (κ1) is 14.2. The quantitative estimate of drug-likeness (QED) is 0.852. The number of benzene rings is 1.